The second-order valence-electron chi connectivity index (χ2n) is 4.34. The van der Waals surface area contributed by atoms with Crippen molar-refractivity contribution in [2.45, 2.75) is 30.3 Å². The summed E-state index contributed by atoms with van der Waals surface area (Å²) in [5.41, 5.74) is 7.43. The van der Waals surface area contributed by atoms with Crippen LogP contribution in [0.25, 0.3) is 0 Å². The molecule has 2 unspecified atom stereocenters. The zero-order valence-electron chi connectivity index (χ0n) is 10.8. The molecule has 0 aromatic carbocycles. The Kier molecular flexibility index (Phi) is 4.34. The molecule has 0 aliphatic carbocycles. The first kappa shape index (κ1) is 13.8. The summed E-state index contributed by atoms with van der Waals surface area (Å²) >= 11 is 1.42. The summed E-state index contributed by atoms with van der Waals surface area (Å²) in [7, 11) is 0. The van der Waals surface area contributed by atoms with Crippen LogP contribution in [0.3, 0.4) is 0 Å². The summed E-state index contributed by atoms with van der Waals surface area (Å²) in [4.78, 5) is 22.8. The number of aryl methyl sites for hydroxylation is 1. The minimum atomic E-state index is -0.153. The van der Waals surface area contributed by atoms with E-state index in [2.05, 4.69) is 15.0 Å². The Morgan fingerprint density at radius 3 is 2.79 bits per heavy atom. The molecule has 2 rings (SSSR count). The van der Waals surface area contributed by atoms with Crippen molar-refractivity contribution < 1.29 is 0 Å². The topological polar surface area (TPSA) is 84.7 Å². The van der Waals surface area contributed by atoms with Gasteiger partial charge in [-0.05, 0) is 26.0 Å². The number of aromatic amines is 1. The minimum absolute atomic E-state index is 0.0499. The van der Waals surface area contributed by atoms with E-state index in [0.29, 0.717) is 10.9 Å². The monoisotopic (exact) mass is 276 g/mol. The fourth-order valence-electron chi connectivity index (χ4n) is 1.71. The molecule has 2 atom stereocenters. The fraction of sp³-hybridized carbons (Fsp3) is 0.308. The van der Waals surface area contributed by atoms with Crippen molar-refractivity contribution in [3.63, 3.8) is 0 Å². The maximum Gasteiger partial charge on any atom is 0.251 e. The Hall–Kier alpha value is -1.66. The summed E-state index contributed by atoms with van der Waals surface area (Å²) in [5.74, 6) is 0. The number of hydrogen-bond donors (Lipinski definition) is 2. The quantitative estimate of drug-likeness (QED) is 0.655. The van der Waals surface area contributed by atoms with E-state index >= 15 is 0 Å². The molecule has 19 heavy (non-hydrogen) atoms. The summed E-state index contributed by atoms with van der Waals surface area (Å²) in [5, 5.41) is 0.518. The molecule has 2 aromatic heterocycles. The third kappa shape index (κ3) is 3.65. The predicted molar refractivity (Wildman–Crippen MR) is 76.1 cm³/mol. The first-order chi connectivity index (χ1) is 9.06. The van der Waals surface area contributed by atoms with Gasteiger partial charge in [0.1, 0.15) is 0 Å². The second-order valence-corrected chi connectivity index (χ2v) is 5.47. The van der Waals surface area contributed by atoms with Gasteiger partial charge in [-0.2, -0.15) is 0 Å². The second kappa shape index (κ2) is 5.99. The summed E-state index contributed by atoms with van der Waals surface area (Å²) in [6.45, 7) is 3.71. The van der Waals surface area contributed by atoms with Crippen LogP contribution < -0.4 is 11.3 Å². The third-order valence-corrected chi connectivity index (χ3v) is 3.88. The number of H-pyrrole nitrogens is 1. The van der Waals surface area contributed by atoms with E-state index in [-0.39, 0.29) is 16.9 Å². The predicted octanol–water partition coefficient (Wildman–Crippen LogP) is 1.65. The van der Waals surface area contributed by atoms with Crippen LogP contribution in [-0.4, -0.2) is 21.0 Å². The molecule has 5 nitrogen and oxygen atoms in total. The molecule has 0 aliphatic heterocycles. The molecule has 6 heteroatoms. The molecular weight excluding hydrogens is 260 g/mol. The first-order valence-electron chi connectivity index (χ1n) is 5.97. The number of nitrogens with zero attached hydrogens (tertiary/aromatic N) is 2. The summed E-state index contributed by atoms with van der Waals surface area (Å²) < 4.78 is 0. The maximum atomic E-state index is 11.4. The van der Waals surface area contributed by atoms with E-state index in [4.69, 9.17) is 5.73 Å². The van der Waals surface area contributed by atoms with E-state index in [1.165, 1.54) is 17.8 Å². The van der Waals surface area contributed by atoms with Crippen LogP contribution in [-0.2, 0) is 0 Å². The standard InChI is InChI=1S/C13H16N4OS/c1-8-7-11(18)17-13(16-8)19-12(9(2)14)10-5-3-4-6-15-10/h3-7,9,12H,14H2,1-2H3,(H,16,17,18). The van der Waals surface area contributed by atoms with Gasteiger partial charge in [0, 0.05) is 24.0 Å². The third-order valence-electron chi connectivity index (χ3n) is 2.54. The van der Waals surface area contributed by atoms with Gasteiger partial charge in [-0.15, -0.1) is 0 Å². The number of thioether (sulfide) groups is 1. The van der Waals surface area contributed by atoms with Crippen LogP contribution in [0.15, 0.2) is 40.4 Å². The normalized spacial score (nSPS) is 14.1. The molecule has 0 aliphatic rings. The molecule has 0 amide bonds. The van der Waals surface area contributed by atoms with Crippen molar-refractivity contribution in [3.05, 3.63) is 52.2 Å². The fourth-order valence-corrected chi connectivity index (χ4v) is 2.78. The smallest absolute Gasteiger partial charge is 0.251 e. The molecule has 100 valence electrons. The number of nitrogens with one attached hydrogen (secondary N) is 1. The molecule has 0 saturated heterocycles. The Morgan fingerprint density at radius 1 is 1.42 bits per heavy atom. The number of rotatable bonds is 4. The van der Waals surface area contributed by atoms with Gasteiger partial charge in [0.15, 0.2) is 5.16 Å². The maximum absolute atomic E-state index is 11.4. The van der Waals surface area contributed by atoms with Gasteiger partial charge in [0.2, 0.25) is 0 Å². The molecule has 0 saturated carbocycles. The lowest BCUT2D eigenvalue weighted by Gasteiger charge is -2.18. The zero-order chi connectivity index (χ0) is 13.8. The van der Waals surface area contributed by atoms with Crippen LogP contribution in [0.5, 0.6) is 0 Å². The number of hydrogen-bond acceptors (Lipinski definition) is 5. The highest BCUT2D eigenvalue weighted by molar-refractivity contribution is 7.99. The van der Waals surface area contributed by atoms with Crippen LogP contribution >= 0.6 is 11.8 Å². The molecule has 0 radical (unpaired) electrons. The first-order valence-corrected chi connectivity index (χ1v) is 6.85. The van der Waals surface area contributed by atoms with E-state index in [0.717, 1.165) is 5.69 Å². The van der Waals surface area contributed by atoms with Crippen molar-refractivity contribution in [2.75, 3.05) is 0 Å². The molecule has 0 fully saturated rings. The van der Waals surface area contributed by atoms with Gasteiger partial charge in [0.05, 0.1) is 10.9 Å². The van der Waals surface area contributed by atoms with Crippen LogP contribution in [0, 0.1) is 6.92 Å². The lowest BCUT2D eigenvalue weighted by molar-refractivity contribution is 0.701. The van der Waals surface area contributed by atoms with Gasteiger partial charge < -0.3 is 10.7 Å². The van der Waals surface area contributed by atoms with Crippen molar-refractivity contribution in [1.82, 2.24) is 15.0 Å². The molecule has 3 N–H and O–H groups in total. The van der Waals surface area contributed by atoms with E-state index in [1.807, 2.05) is 25.1 Å². The van der Waals surface area contributed by atoms with Crippen molar-refractivity contribution >= 4 is 11.8 Å². The molecule has 2 heterocycles. The molecule has 2 aromatic rings. The zero-order valence-corrected chi connectivity index (χ0v) is 11.6. The van der Waals surface area contributed by atoms with Crippen molar-refractivity contribution in [2.24, 2.45) is 5.73 Å². The van der Waals surface area contributed by atoms with Crippen molar-refractivity contribution in [3.8, 4) is 0 Å². The van der Waals surface area contributed by atoms with Crippen LogP contribution in [0.2, 0.25) is 0 Å². The lowest BCUT2D eigenvalue weighted by Crippen LogP contribution is -2.24. The lowest BCUT2D eigenvalue weighted by atomic mass is 10.2. The molecular formula is C13H16N4OS. The van der Waals surface area contributed by atoms with Gasteiger partial charge >= 0.3 is 0 Å². The van der Waals surface area contributed by atoms with E-state index in [1.54, 1.807) is 13.1 Å². The van der Waals surface area contributed by atoms with Gasteiger partial charge in [-0.1, -0.05) is 17.8 Å². The number of nitrogens with two attached hydrogens (primary N) is 1. The van der Waals surface area contributed by atoms with E-state index in [9.17, 15) is 4.79 Å². The Bertz CT molecular complexity index is 597. The Labute approximate surface area is 115 Å². The largest absolute Gasteiger partial charge is 0.327 e. The van der Waals surface area contributed by atoms with Crippen LogP contribution in [0.4, 0.5) is 0 Å². The number of pyridine rings is 1. The van der Waals surface area contributed by atoms with Gasteiger partial charge in [0.25, 0.3) is 5.56 Å². The van der Waals surface area contributed by atoms with Gasteiger partial charge in [-0.25, -0.2) is 4.98 Å². The average Bonchev–Trinajstić information content (AvgIpc) is 2.35. The summed E-state index contributed by atoms with van der Waals surface area (Å²) in [6, 6.07) is 7.07. The summed E-state index contributed by atoms with van der Waals surface area (Å²) in [6.07, 6.45) is 1.73. The van der Waals surface area contributed by atoms with Gasteiger partial charge in [-0.3, -0.25) is 9.78 Å². The highest BCUT2D eigenvalue weighted by Crippen LogP contribution is 2.33. The Morgan fingerprint density at radius 2 is 2.21 bits per heavy atom. The van der Waals surface area contributed by atoms with Crippen molar-refractivity contribution in [1.29, 1.82) is 0 Å². The minimum Gasteiger partial charge on any atom is -0.327 e. The molecule has 0 spiro atoms. The number of aromatic nitrogens is 3. The highest BCUT2D eigenvalue weighted by Gasteiger charge is 2.20. The van der Waals surface area contributed by atoms with Crippen LogP contribution in [0.1, 0.15) is 23.6 Å². The Balaban J connectivity index is 2.29. The average molecular weight is 276 g/mol. The SMILES string of the molecule is Cc1cc(=O)[nH]c(SC(c2ccccn2)C(C)N)n1. The molecule has 0 bridgehead atoms. The highest BCUT2D eigenvalue weighted by atomic mass is 32.2. The van der Waals surface area contributed by atoms with E-state index < -0.39 is 0 Å².